The average molecular weight is 295 g/mol. The summed E-state index contributed by atoms with van der Waals surface area (Å²) in [5.41, 5.74) is 0. The van der Waals surface area contributed by atoms with Crippen molar-refractivity contribution in [3.05, 3.63) is 36.5 Å². The molecule has 0 aromatic rings. The van der Waals surface area contributed by atoms with Gasteiger partial charge in [-0.25, -0.2) is 12.2 Å². The van der Waals surface area contributed by atoms with Gasteiger partial charge >= 0.3 is 21.7 Å². The van der Waals surface area contributed by atoms with Gasteiger partial charge in [-0.1, -0.05) is 0 Å². The largest absolute Gasteiger partial charge is 3.00 e. The first kappa shape index (κ1) is 36.3. The summed E-state index contributed by atoms with van der Waals surface area (Å²) in [7, 11) is 3.50. The zero-order valence-electron chi connectivity index (χ0n) is 8.82. The molecule has 0 aliphatic heterocycles. The van der Waals surface area contributed by atoms with Crippen LogP contribution in [-0.4, -0.2) is 14.1 Å². The van der Waals surface area contributed by atoms with E-state index in [2.05, 4.69) is 24.4 Å². The molecule has 1 nitrogen and oxygen atoms in total. The van der Waals surface area contributed by atoms with Crippen molar-refractivity contribution in [3.63, 3.8) is 0 Å². The molecule has 0 aromatic heterocycles. The Balaban J connectivity index is -0.0000000164. The molecule has 1 aliphatic rings. The summed E-state index contributed by atoms with van der Waals surface area (Å²) < 4.78 is 0. The van der Waals surface area contributed by atoms with Crippen LogP contribution in [0, 0.1) is 13.0 Å². The number of allylic oxidation sites excluding steroid dienone is 4. The van der Waals surface area contributed by atoms with Crippen LogP contribution < -0.4 is 0 Å². The van der Waals surface area contributed by atoms with Crippen LogP contribution in [0.5, 0.6) is 0 Å². The minimum Gasteiger partial charge on any atom is -0.668 e. The molecule has 0 atom stereocenters. The zero-order valence-corrected chi connectivity index (χ0v) is 12.8. The van der Waals surface area contributed by atoms with E-state index >= 15 is 0 Å². The smallest absolute Gasteiger partial charge is 0.668 e. The molecule has 0 spiro atoms. The van der Waals surface area contributed by atoms with Gasteiger partial charge in [-0.15, -0.1) is 43.6 Å². The van der Waals surface area contributed by atoms with Crippen LogP contribution >= 0.6 is 37.2 Å². The Labute approximate surface area is 122 Å². The minimum absolute atomic E-state index is 0. The molecule has 14 heavy (non-hydrogen) atoms. The Hall–Kier alpha value is 1.02. The third-order valence-electron chi connectivity index (χ3n) is 0.586. The van der Waals surface area contributed by atoms with Crippen LogP contribution in [-0.2, 0) is 21.7 Å². The minimum atomic E-state index is 0. The van der Waals surface area contributed by atoms with Crippen molar-refractivity contribution < 1.29 is 21.7 Å². The maximum absolute atomic E-state index is 3.50. The Morgan fingerprint density at radius 2 is 1.50 bits per heavy atom. The molecule has 0 saturated carbocycles. The van der Waals surface area contributed by atoms with Crippen LogP contribution in [0.25, 0.3) is 5.32 Å². The first-order valence-electron chi connectivity index (χ1n) is 3.32. The SMILES string of the molecule is C[N-]C.Cl.Cl.Cl.[C-]1=CC=CC1.[CH2-]C.[Ti+3]. The third-order valence-corrected chi connectivity index (χ3v) is 0.586. The summed E-state index contributed by atoms with van der Waals surface area (Å²) in [5, 5.41) is 3.50. The molecule has 0 bridgehead atoms. The predicted octanol–water partition coefficient (Wildman–Crippen LogP) is 4.03. The molecule has 85 valence electrons. The maximum Gasteiger partial charge on any atom is 3.00 e. The molecule has 1 aliphatic carbocycles. The molecule has 0 heterocycles. The van der Waals surface area contributed by atoms with Crippen LogP contribution in [0.15, 0.2) is 18.2 Å². The monoisotopic (exact) mass is 294 g/mol. The van der Waals surface area contributed by atoms with Crippen molar-refractivity contribution in [1.29, 1.82) is 0 Å². The van der Waals surface area contributed by atoms with E-state index in [0.29, 0.717) is 0 Å². The van der Waals surface area contributed by atoms with E-state index < -0.39 is 0 Å². The van der Waals surface area contributed by atoms with E-state index in [0.717, 1.165) is 6.42 Å². The van der Waals surface area contributed by atoms with Gasteiger partial charge in [0.2, 0.25) is 0 Å². The van der Waals surface area contributed by atoms with E-state index in [1.54, 1.807) is 21.0 Å². The molecule has 0 saturated heterocycles. The van der Waals surface area contributed by atoms with E-state index in [-0.39, 0.29) is 58.9 Å². The topological polar surface area (TPSA) is 14.1 Å². The van der Waals surface area contributed by atoms with Crippen molar-refractivity contribution >= 4 is 37.2 Å². The molecular formula is C9H19Cl3NTi. The third kappa shape index (κ3) is 51.9. The number of halogens is 3. The van der Waals surface area contributed by atoms with E-state index in [1.807, 2.05) is 12.2 Å². The molecule has 0 aromatic carbocycles. The summed E-state index contributed by atoms with van der Waals surface area (Å²) in [6.07, 6.45) is 10.0. The van der Waals surface area contributed by atoms with E-state index in [1.165, 1.54) is 0 Å². The second kappa shape index (κ2) is 48.2. The van der Waals surface area contributed by atoms with Crippen LogP contribution in [0.2, 0.25) is 0 Å². The standard InChI is InChI=1S/C5H5.C2H6N.C2H5.3ClH.Ti/c1-2-4-5-3-1;1-3-2;1-2;;;;/h1-3H,4H2;1-2H3;1H2,2H3;3*1H;/q3*-1;;;;+3. The molecule has 5 heteroatoms. The zero-order chi connectivity index (χ0) is 8.24. The van der Waals surface area contributed by atoms with Crippen molar-refractivity contribution in [1.82, 2.24) is 0 Å². The van der Waals surface area contributed by atoms with Crippen molar-refractivity contribution in [2.24, 2.45) is 0 Å². The van der Waals surface area contributed by atoms with Gasteiger partial charge < -0.3 is 12.2 Å². The molecular weight excluding hydrogens is 276 g/mol. The number of rotatable bonds is 0. The first-order chi connectivity index (χ1) is 4.91. The fourth-order valence-electron chi connectivity index (χ4n) is 0.340. The van der Waals surface area contributed by atoms with E-state index in [9.17, 15) is 0 Å². The quantitative estimate of drug-likeness (QED) is 0.473. The average Bonchev–Trinajstić information content (AvgIpc) is 2.48. The molecule has 0 fully saturated rings. The first-order valence-corrected chi connectivity index (χ1v) is 3.32. The maximum atomic E-state index is 3.50. The van der Waals surface area contributed by atoms with Crippen LogP contribution in [0.4, 0.5) is 0 Å². The van der Waals surface area contributed by atoms with Crippen LogP contribution in [0.3, 0.4) is 0 Å². The molecule has 0 unspecified atom stereocenters. The van der Waals surface area contributed by atoms with E-state index in [4.69, 9.17) is 0 Å². The summed E-state index contributed by atoms with van der Waals surface area (Å²) in [5.74, 6) is 0. The van der Waals surface area contributed by atoms with Gasteiger partial charge in [0, 0.05) is 0 Å². The van der Waals surface area contributed by atoms with Gasteiger partial charge in [-0.2, -0.15) is 27.1 Å². The van der Waals surface area contributed by atoms with Crippen molar-refractivity contribution in [2.45, 2.75) is 13.3 Å². The summed E-state index contributed by atoms with van der Waals surface area (Å²) >= 11 is 0. The van der Waals surface area contributed by atoms with Gasteiger partial charge in [-0.05, 0) is 0 Å². The molecule has 0 N–H and O–H groups in total. The van der Waals surface area contributed by atoms with Gasteiger partial charge in [0.05, 0.1) is 0 Å². The van der Waals surface area contributed by atoms with Gasteiger partial charge in [-0.3, -0.25) is 6.08 Å². The van der Waals surface area contributed by atoms with Gasteiger partial charge in [0.15, 0.2) is 0 Å². The normalized spacial score (nSPS) is 8.00. The fourth-order valence-corrected chi connectivity index (χ4v) is 0.340. The Kier molecular flexibility index (Phi) is 125. The molecule has 0 amide bonds. The van der Waals surface area contributed by atoms with Gasteiger partial charge in [0.25, 0.3) is 0 Å². The summed E-state index contributed by atoms with van der Waals surface area (Å²) in [6, 6.07) is 0. The summed E-state index contributed by atoms with van der Waals surface area (Å²) in [6.45, 7) is 5.00. The fraction of sp³-hybridized carbons (Fsp3) is 0.444. The van der Waals surface area contributed by atoms with Crippen molar-refractivity contribution in [3.8, 4) is 0 Å². The summed E-state index contributed by atoms with van der Waals surface area (Å²) in [4.78, 5) is 0. The number of hydrogen-bond donors (Lipinski definition) is 0. The number of nitrogens with zero attached hydrogens (tertiary/aromatic N) is 1. The molecule has 1 rings (SSSR count). The number of hydrogen-bond acceptors (Lipinski definition) is 0. The second-order valence-corrected chi connectivity index (χ2v) is 1.45. The molecule has 1 radical (unpaired) electrons. The Morgan fingerprint density at radius 1 is 1.14 bits per heavy atom. The van der Waals surface area contributed by atoms with Crippen molar-refractivity contribution in [2.75, 3.05) is 14.1 Å². The Morgan fingerprint density at radius 3 is 1.57 bits per heavy atom. The predicted molar refractivity (Wildman–Crippen MR) is 69.6 cm³/mol. The van der Waals surface area contributed by atoms with Crippen LogP contribution in [0.1, 0.15) is 13.3 Å². The Bertz CT molecular complexity index is 88.1. The second-order valence-electron chi connectivity index (χ2n) is 1.45. The van der Waals surface area contributed by atoms with Gasteiger partial charge in [0.1, 0.15) is 0 Å².